The van der Waals surface area contributed by atoms with Crippen molar-refractivity contribution in [2.75, 3.05) is 22.9 Å². The summed E-state index contributed by atoms with van der Waals surface area (Å²) in [6.45, 7) is 4.31. The molecule has 1 saturated heterocycles. The van der Waals surface area contributed by atoms with Gasteiger partial charge in [0.15, 0.2) is 0 Å². The van der Waals surface area contributed by atoms with Crippen molar-refractivity contribution in [2.45, 2.75) is 57.3 Å². The molecule has 0 bridgehead atoms. The number of amides is 3. The van der Waals surface area contributed by atoms with Crippen LogP contribution in [0.15, 0.2) is 79.0 Å². The van der Waals surface area contributed by atoms with Crippen molar-refractivity contribution in [3.05, 3.63) is 90.1 Å². The first kappa shape index (κ1) is 28.0. The van der Waals surface area contributed by atoms with Crippen molar-refractivity contribution in [3.63, 3.8) is 0 Å². The molecule has 2 aromatic carbocycles. The maximum atomic E-state index is 14.9. The molecule has 5 rings (SSSR count). The van der Waals surface area contributed by atoms with Crippen LogP contribution in [0.2, 0.25) is 0 Å². The van der Waals surface area contributed by atoms with Gasteiger partial charge in [-0.3, -0.25) is 29.1 Å². The quantitative estimate of drug-likeness (QED) is 0.457. The molecular weight excluding hydrogens is 516 g/mol. The van der Waals surface area contributed by atoms with Gasteiger partial charge in [0, 0.05) is 30.5 Å². The fraction of sp³-hybridized carbons (Fsp3) is 0.344. The van der Waals surface area contributed by atoms with E-state index in [2.05, 4.69) is 16.4 Å². The molecule has 0 radical (unpaired) electrons. The van der Waals surface area contributed by atoms with Crippen LogP contribution in [0.4, 0.5) is 11.5 Å². The standard InChI is InChI=1S/C32H34N6O3/c1-22(2)36-20-27(38(29(39)21-36)28-18-23(19-33)16-17-34-28)32(41)37(26-14-7-4-8-15-26)30(24-10-5-3-6-11-24)31(40)35-25-12-9-13-25/h3-8,10-11,14-18,22,25,27,30H,9,12-13,20-21H2,1-2H3,(H,35,40). The SMILES string of the molecule is CC(C)N1CC(=O)N(c2cc(C#N)ccn2)C(C(=O)N(c2ccccc2)C(C(=O)NC2CCC2)c2ccccc2)C1. The van der Waals surface area contributed by atoms with Gasteiger partial charge in [-0.15, -0.1) is 0 Å². The molecule has 2 heterocycles. The molecule has 3 amide bonds. The van der Waals surface area contributed by atoms with E-state index < -0.39 is 18.0 Å². The van der Waals surface area contributed by atoms with Crippen LogP contribution < -0.4 is 15.1 Å². The number of pyridine rings is 1. The van der Waals surface area contributed by atoms with E-state index in [1.807, 2.05) is 67.3 Å². The third kappa shape index (κ3) is 5.98. The Labute approximate surface area is 240 Å². The Morgan fingerprint density at radius 2 is 1.73 bits per heavy atom. The van der Waals surface area contributed by atoms with Crippen molar-refractivity contribution in [3.8, 4) is 6.07 Å². The summed E-state index contributed by atoms with van der Waals surface area (Å²) in [6, 6.07) is 21.7. The minimum atomic E-state index is -0.983. The van der Waals surface area contributed by atoms with Crippen LogP contribution in [0, 0.1) is 11.3 Å². The average Bonchev–Trinajstić information content (AvgIpc) is 2.97. The molecule has 1 aliphatic heterocycles. The van der Waals surface area contributed by atoms with Crippen molar-refractivity contribution >= 4 is 29.2 Å². The number of rotatable bonds is 8. The third-order valence-electron chi connectivity index (χ3n) is 7.81. The van der Waals surface area contributed by atoms with E-state index in [0.717, 1.165) is 19.3 Å². The molecule has 9 heteroatoms. The van der Waals surface area contributed by atoms with Crippen LogP contribution in [-0.4, -0.2) is 58.8 Å². The fourth-order valence-electron chi connectivity index (χ4n) is 5.32. The van der Waals surface area contributed by atoms with E-state index in [4.69, 9.17) is 0 Å². The van der Waals surface area contributed by atoms with Crippen LogP contribution >= 0.6 is 0 Å². The first-order valence-electron chi connectivity index (χ1n) is 14.0. The first-order chi connectivity index (χ1) is 19.9. The van der Waals surface area contributed by atoms with Crippen molar-refractivity contribution in [1.82, 2.24) is 15.2 Å². The molecule has 210 valence electrons. The number of piperazine rings is 1. The lowest BCUT2D eigenvalue weighted by molar-refractivity contribution is -0.131. The van der Waals surface area contributed by atoms with Gasteiger partial charge in [-0.1, -0.05) is 48.5 Å². The third-order valence-corrected chi connectivity index (χ3v) is 7.81. The van der Waals surface area contributed by atoms with Crippen LogP contribution in [0.5, 0.6) is 0 Å². The van der Waals surface area contributed by atoms with Gasteiger partial charge in [0.1, 0.15) is 17.9 Å². The summed E-state index contributed by atoms with van der Waals surface area (Å²) in [6.07, 6.45) is 4.33. The zero-order valence-corrected chi connectivity index (χ0v) is 23.3. The molecule has 1 aliphatic carbocycles. The second kappa shape index (κ2) is 12.3. The molecule has 41 heavy (non-hydrogen) atoms. The lowest BCUT2D eigenvalue weighted by Crippen LogP contribution is -2.64. The number of hydrogen-bond acceptors (Lipinski definition) is 6. The summed E-state index contributed by atoms with van der Waals surface area (Å²) in [7, 11) is 0. The average molecular weight is 551 g/mol. The number of hydrogen-bond donors (Lipinski definition) is 1. The topological polar surface area (TPSA) is 110 Å². The highest BCUT2D eigenvalue weighted by Crippen LogP contribution is 2.32. The van der Waals surface area contributed by atoms with Crippen LogP contribution in [-0.2, 0) is 14.4 Å². The number of anilines is 2. The summed E-state index contributed by atoms with van der Waals surface area (Å²) in [4.78, 5) is 51.7. The number of nitrogens with zero attached hydrogens (tertiary/aromatic N) is 5. The molecule has 1 N–H and O–H groups in total. The van der Waals surface area contributed by atoms with Gasteiger partial charge in [-0.05, 0) is 62.9 Å². The van der Waals surface area contributed by atoms with E-state index in [1.54, 1.807) is 18.2 Å². The molecule has 2 fully saturated rings. The fourth-order valence-corrected chi connectivity index (χ4v) is 5.32. The van der Waals surface area contributed by atoms with Crippen LogP contribution in [0.25, 0.3) is 0 Å². The van der Waals surface area contributed by atoms with E-state index in [9.17, 15) is 19.6 Å². The van der Waals surface area contributed by atoms with Gasteiger partial charge in [0.25, 0.3) is 5.91 Å². The normalized spacial score (nSPS) is 18.3. The van der Waals surface area contributed by atoms with E-state index in [1.165, 1.54) is 22.1 Å². The Morgan fingerprint density at radius 1 is 1.05 bits per heavy atom. The summed E-state index contributed by atoms with van der Waals surface area (Å²) in [5.74, 6) is -0.734. The van der Waals surface area contributed by atoms with Gasteiger partial charge in [-0.2, -0.15) is 5.26 Å². The highest BCUT2D eigenvalue weighted by atomic mass is 16.2. The number of nitriles is 1. The van der Waals surface area contributed by atoms with E-state index >= 15 is 0 Å². The molecular formula is C32H34N6O3. The van der Waals surface area contributed by atoms with Crippen molar-refractivity contribution in [2.24, 2.45) is 0 Å². The van der Waals surface area contributed by atoms with Gasteiger partial charge < -0.3 is 5.32 Å². The summed E-state index contributed by atoms with van der Waals surface area (Å²) in [5.41, 5.74) is 1.55. The monoisotopic (exact) mass is 550 g/mol. The predicted octanol–water partition coefficient (Wildman–Crippen LogP) is 3.82. The van der Waals surface area contributed by atoms with E-state index in [0.29, 0.717) is 16.8 Å². The second-order valence-corrected chi connectivity index (χ2v) is 10.8. The first-order valence-corrected chi connectivity index (χ1v) is 14.0. The Morgan fingerprint density at radius 3 is 2.34 bits per heavy atom. The maximum Gasteiger partial charge on any atom is 0.252 e. The predicted molar refractivity (Wildman–Crippen MR) is 156 cm³/mol. The zero-order chi connectivity index (χ0) is 28.9. The number of carbonyl (C=O) groups is 3. The Bertz CT molecular complexity index is 1430. The second-order valence-electron chi connectivity index (χ2n) is 10.8. The van der Waals surface area contributed by atoms with Crippen molar-refractivity contribution < 1.29 is 14.4 Å². The van der Waals surface area contributed by atoms with Gasteiger partial charge in [0.2, 0.25) is 11.8 Å². The lowest BCUT2D eigenvalue weighted by atomic mass is 9.92. The lowest BCUT2D eigenvalue weighted by Gasteiger charge is -2.44. The zero-order valence-electron chi connectivity index (χ0n) is 23.3. The smallest absolute Gasteiger partial charge is 0.252 e. The number of benzene rings is 2. The van der Waals surface area contributed by atoms with Crippen molar-refractivity contribution in [1.29, 1.82) is 5.26 Å². The summed E-state index contributed by atoms with van der Waals surface area (Å²) < 4.78 is 0. The molecule has 1 aromatic heterocycles. The minimum absolute atomic E-state index is 0.00631. The maximum absolute atomic E-state index is 14.9. The minimum Gasteiger partial charge on any atom is -0.351 e. The molecule has 9 nitrogen and oxygen atoms in total. The Hall–Kier alpha value is -4.55. The van der Waals surface area contributed by atoms with E-state index in [-0.39, 0.29) is 42.8 Å². The number of aromatic nitrogens is 1. The molecule has 2 aliphatic rings. The molecule has 3 aromatic rings. The van der Waals surface area contributed by atoms with Crippen LogP contribution in [0.1, 0.15) is 50.3 Å². The molecule has 2 atom stereocenters. The molecule has 0 spiro atoms. The largest absolute Gasteiger partial charge is 0.351 e. The van der Waals surface area contributed by atoms with Gasteiger partial charge in [-0.25, -0.2) is 4.98 Å². The number of nitrogens with one attached hydrogen (secondary N) is 1. The number of carbonyl (C=O) groups excluding carboxylic acids is 3. The highest BCUT2D eigenvalue weighted by molar-refractivity contribution is 6.10. The number of para-hydroxylation sites is 1. The Kier molecular flexibility index (Phi) is 8.41. The highest BCUT2D eigenvalue weighted by Gasteiger charge is 2.45. The molecule has 1 saturated carbocycles. The van der Waals surface area contributed by atoms with Gasteiger partial charge in [0.05, 0.1) is 18.2 Å². The summed E-state index contributed by atoms with van der Waals surface area (Å²) >= 11 is 0. The van der Waals surface area contributed by atoms with Gasteiger partial charge >= 0.3 is 0 Å². The van der Waals surface area contributed by atoms with Crippen LogP contribution in [0.3, 0.4) is 0 Å². The molecule has 2 unspecified atom stereocenters. The summed E-state index contributed by atoms with van der Waals surface area (Å²) in [5, 5.41) is 12.6. The Balaban J connectivity index is 1.63.